The van der Waals surface area contributed by atoms with Crippen LogP contribution in [0.15, 0.2) is 28.1 Å². The molecular weight excluding hydrogens is 457 g/mol. The lowest BCUT2D eigenvalue weighted by Crippen LogP contribution is -2.44. The largest absolute Gasteiger partial charge is 0.367 e. The Balaban J connectivity index is 0.000000850. The minimum absolute atomic E-state index is 0.0906. The van der Waals surface area contributed by atoms with E-state index < -0.39 is 0 Å². The van der Waals surface area contributed by atoms with Crippen LogP contribution in [0.25, 0.3) is 10.9 Å². The van der Waals surface area contributed by atoms with Crippen molar-refractivity contribution in [2.45, 2.75) is 72.8 Å². The molecule has 0 radical (unpaired) electrons. The molecule has 1 aliphatic heterocycles. The summed E-state index contributed by atoms with van der Waals surface area (Å²) in [4.78, 5) is 21.5. The second kappa shape index (κ2) is 15.0. The van der Waals surface area contributed by atoms with Crippen molar-refractivity contribution in [3.05, 3.63) is 39.9 Å². The number of nitrogens with zero attached hydrogens (tertiary/aromatic N) is 4. The minimum Gasteiger partial charge on any atom is -0.367 e. The van der Waals surface area contributed by atoms with Gasteiger partial charge in [-0.05, 0) is 37.9 Å². The normalized spacial score (nSPS) is 17.2. The van der Waals surface area contributed by atoms with Gasteiger partial charge in [0.15, 0.2) is 11.3 Å². The third kappa shape index (κ3) is 7.29. The van der Waals surface area contributed by atoms with Crippen LogP contribution in [0.3, 0.4) is 0 Å². The van der Waals surface area contributed by atoms with Gasteiger partial charge in [-0.15, -0.1) is 0 Å². The van der Waals surface area contributed by atoms with Crippen molar-refractivity contribution in [2.24, 2.45) is 10.9 Å². The SMILES string of the molecule is CC.CCC.CN=C(NO)c1cn(CC2CCCCC2)c2cc(N3CCN(C)CC3)c(F)cc2c1=O. The molecule has 2 aromatic rings. The molecule has 0 spiro atoms. The molecule has 202 valence electrons. The zero-order valence-electron chi connectivity index (χ0n) is 23.1. The standard InChI is InChI=1S/C23H32FN5O2.C3H8.C2H6/c1-25-23(26-31)18-15-29(14-16-6-4-3-5-7-16)20-13-21(19(24)12-17(20)22(18)30)28-10-8-27(2)9-11-28;1-3-2;1-2/h12-13,15-16,31H,3-11,14H2,1-2H3,(H,25,26);3H2,1-2H3;1-2H3. The number of aromatic nitrogens is 1. The zero-order chi connectivity index (χ0) is 26.7. The highest BCUT2D eigenvalue weighted by atomic mass is 19.1. The topological polar surface area (TPSA) is 73.1 Å². The lowest BCUT2D eigenvalue weighted by molar-refractivity contribution is 0.235. The molecule has 8 heteroatoms. The van der Waals surface area contributed by atoms with Crippen LogP contribution in [0, 0.1) is 11.7 Å². The predicted octanol–water partition coefficient (Wildman–Crippen LogP) is 5.27. The van der Waals surface area contributed by atoms with Crippen LogP contribution in [0.1, 0.15) is 71.8 Å². The van der Waals surface area contributed by atoms with Crippen molar-refractivity contribution in [3.8, 4) is 0 Å². The molecule has 0 bridgehead atoms. The Labute approximate surface area is 216 Å². The smallest absolute Gasteiger partial charge is 0.200 e. The molecule has 0 amide bonds. The second-order valence-electron chi connectivity index (χ2n) is 9.53. The van der Waals surface area contributed by atoms with Gasteiger partial charge in [0, 0.05) is 51.4 Å². The Morgan fingerprint density at radius 2 is 1.72 bits per heavy atom. The lowest BCUT2D eigenvalue weighted by Gasteiger charge is -2.34. The summed E-state index contributed by atoms with van der Waals surface area (Å²) in [5.74, 6) is 0.226. The summed E-state index contributed by atoms with van der Waals surface area (Å²) in [6.45, 7) is 12.3. The van der Waals surface area contributed by atoms with Crippen molar-refractivity contribution in [1.82, 2.24) is 14.9 Å². The van der Waals surface area contributed by atoms with Crippen LogP contribution in [-0.2, 0) is 6.54 Å². The van der Waals surface area contributed by atoms with Gasteiger partial charge in [0.1, 0.15) is 5.82 Å². The van der Waals surface area contributed by atoms with E-state index in [2.05, 4.69) is 40.3 Å². The number of nitrogens with one attached hydrogen (secondary N) is 1. The molecule has 1 saturated carbocycles. The Kier molecular flexibility index (Phi) is 12.4. The number of aliphatic imine (C=N–C) groups is 1. The molecule has 1 aromatic heterocycles. The zero-order valence-corrected chi connectivity index (χ0v) is 23.1. The van der Waals surface area contributed by atoms with Gasteiger partial charge in [-0.2, -0.15) is 0 Å². The van der Waals surface area contributed by atoms with Gasteiger partial charge in [0.25, 0.3) is 0 Å². The molecule has 0 atom stereocenters. The molecule has 7 nitrogen and oxygen atoms in total. The van der Waals surface area contributed by atoms with Crippen LogP contribution < -0.4 is 15.8 Å². The summed E-state index contributed by atoms with van der Waals surface area (Å²) in [6.07, 6.45) is 9.03. The van der Waals surface area contributed by atoms with Crippen LogP contribution in [-0.4, -0.2) is 60.8 Å². The number of amidine groups is 1. The quantitative estimate of drug-likeness (QED) is 0.338. The first-order valence-corrected chi connectivity index (χ1v) is 13.6. The third-order valence-corrected chi connectivity index (χ3v) is 6.76. The van der Waals surface area contributed by atoms with Gasteiger partial charge in [0.05, 0.1) is 16.8 Å². The van der Waals surface area contributed by atoms with E-state index in [-0.39, 0.29) is 22.6 Å². The molecule has 1 aromatic carbocycles. The monoisotopic (exact) mass is 503 g/mol. The molecule has 0 unspecified atom stereocenters. The fraction of sp³-hybridized carbons (Fsp3) is 0.643. The van der Waals surface area contributed by atoms with Gasteiger partial charge in [0.2, 0.25) is 0 Å². The first-order chi connectivity index (χ1) is 17.4. The first kappa shape index (κ1) is 29.8. The number of hydroxylamine groups is 1. The van der Waals surface area contributed by atoms with Crippen molar-refractivity contribution in [1.29, 1.82) is 0 Å². The van der Waals surface area contributed by atoms with Crippen molar-refractivity contribution < 1.29 is 9.60 Å². The van der Waals surface area contributed by atoms with E-state index in [0.29, 0.717) is 17.0 Å². The maximum absolute atomic E-state index is 15.2. The van der Waals surface area contributed by atoms with Crippen molar-refractivity contribution in [2.75, 3.05) is 45.2 Å². The number of rotatable bonds is 4. The average molecular weight is 504 g/mol. The fourth-order valence-corrected chi connectivity index (χ4v) is 4.89. The van der Waals surface area contributed by atoms with Crippen molar-refractivity contribution in [3.63, 3.8) is 0 Å². The number of benzene rings is 1. The van der Waals surface area contributed by atoms with E-state index >= 15 is 4.39 Å². The number of hydrogen-bond donors (Lipinski definition) is 2. The number of likely N-dealkylation sites (N-methyl/N-ethyl adjacent to an activating group) is 1. The maximum atomic E-state index is 15.2. The van der Waals surface area contributed by atoms with Crippen LogP contribution in [0.4, 0.5) is 10.1 Å². The fourth-order valence-electron chi connectivity index (χ4n) is 4.89. The maximum Gasteiger partial charge on any atom is 0.200 e. The second-order valence-corrected chi connectivity index (χ2v) is 9.53. The molecule has 2 heterocycles. The molecule has 1 aliphatic carbocycles. The summed E-state index contributed by atoms with van der Waals surface area (Å²) in [7, 11) is 3.57. The summed E-state index contributed by atoms with van der Waals surface area (Å²) in [6, 6.07) is 3.19. The number of fused-ring (bicyclic) bond motifs is 1. The van der Waals surface area contributed by atoms with E-state index in [1.807, 2.05) is 25.4 Å². The Bertz CT molecular complexity index is 1040. The molecule has 36 heavy (non-hydrogen) atoms. The first-order valence-electron chi connectivity index (χ1n) is 13.6. The highest BCUT2D eigenvalue weighted by Gasteiger charge is 2.22. The van der Waals surface area contributed by atoms with Gasteiger partial charge >= 0.3 is 0 Å². The Hall–Kier alpha value is -2.45. The molecule has 2 aliphatic rings. The van der Waals surface area contributed by atoms with E-state index in [1.165, 1.54) is 38.8 Å². The highest BCUT2D eigenvalue weighted by Crippen LogP contribution is 2.29. The van der Waals surface area contributed by atoms with Crippen molar-refractivity contribution >= 4 is 22.4 Å². The van der Waals surface area contributed by atoms with E-state index in [4.69, 9.17) is 0 Å². The third-order valence-electron chi connectivity index (χ3n) is 6.76. The molecular formula is C28H46FN5O2. The molecule has 4 rings (SSSR count). The number of piperazine rings is 1. The average Bonchev–Trinajstić information content (AvgIpc) is 2.90. The van der Waals surface area contributed by atoms with Gasteiger partial charge in [-0.1, -0.05) is 53.4 Å². The number of halogens is 1. The Morgan fingerprint density at radius 3 is 2.28 bits per heavy atom. The van der Waals surface area contributed by atoms with Gasteiger partial charge in [-0.25, -0.2) is 4.39 Å². The highest BCUT2D eigenvalue weighted by molar-refractivity contribution is 6.00. The van der Waals surface area contributed by atoms with Gasteiger partial charge < -0.3 is 14.4 Å². The lowest BCUT2D eigenvalue weighted by atomic mass is 9.89. The summed E-state index contributed by atoms with van der Waals surface area (Å²) < 4.78 is 17.2. The Morgan fingerprint density at radius 1 is 1.11 bits per heavy atom. The van der Waals surface area contributed by atoms with Crippen LogP contribution >= 0.6 is 0 Å². The number of pyridine rings is 1. The minimum atomic E-state index is -0.387. The summed E-state index contributed by atoms with van der Waals surface area (Å²) >= 11 is 0. The number of anilines is 1. The predicted molar refractivity (Wildman–Crippen MR) is 149 cm³/mol. The number of hydrogen-bond acceptors (Lipinski definition) is 5. The van der Waals surface area contributed by atoms with Gasteiger partial charge in [-0.3, -0.25) is 20.5 Å². The molecule has 1 saturated heterocycles. The molecule has 2 N–H and O–H groups in total. The summed E-state index contributed by atoms with van der Waals surface area (Å²) in [5, 5.41) is 9.78. The van der Waals surface area contributed by atoms with Crippen LogP contribution in [0.2, 0.25) is 0 Å². The van der Waals surface area contributed by atoms with E-state index in [0.717, 1.165) is 51.1 Å². The van der Waals surface area contributed by atoms with Crippen LogP contribution in [0.5, 0.6) is 0 Å². The molecule has 2 fully saturated rings. The summed E-state index contributed by atoms with van der Waals surface area (Å²) in [5.41, 5.74) is 3.22. The van der Waals surface area contributed by atoms with E-state index in [9.17, 15) is 10.0 Å². The van der Waals surface area contributed by atoms with E-state index in [1.54, 1.807) is 6.20 Å².